The number of amides is 1. The molecule has 1 N–H and O–H groups in total. The molecule has 0 spiro atoms. The molecule has 9 heteroatoms. The second-order valence-electron chi connectivity index (χ2n) is 7.39. The minimum atomic E-state index is -1.07. The normalized spacial score (nSPS) is 17.2. The van der Waals surface area contributed by atoms with Crippen molar-refractivity contribution in [2.75, 3.05) is 19.1 Å². The lowest BCUT2D eigenvalue weighted by Gasteiger charge is -2.26. The first-order valence-electron chi connectivity index (χ1n) is 10.0. The number of ether oxygens (including phenoxy) is 2. The summed E-state index contributed by atoms with van der Waals surface area (Å²) in [4.78, 5) is 27.6. The largest absolute Gasteiger partial charge is 0.507 e. The van der Waals surface area contributed by atoms with Crippen LogP contribution >= 0.6 is 23.2 Å². The minimum Gasteiger partial charge on any atom is -0.507 e. The summed E-state index contributed by atoms with van der Waals surface area (Å²) in [5.41, 5.74) is 0.564. The molecule has 174 valence electrons. The molecule has 1 fully saturated rings. The highest BCUT2D eigenvalue weighted by Gasteiger charge is 2.47. The number of nitrogens with zero attached hydrogens (tertiary/aromatic N) is 1. The number of anilines is 1. The van der Waals surface area contributed by atoms with E-state index < -0.39 is 29.3 Å². The lowest BCUT2D eigenvalue weighted by Crippen LogP contribution is -2.29. The third-order valence-corrected chi connectivity index (χ3v) is 6.08. The second-order valence-corrected chi connectivity index (χ2v) is 8.20. The van der Waals surface area contributed by atoms with Crippen molar-refractivity contribution in [3.63, 3.8) is 0 Å². The number of rotatable bonds is 5. The minimum absolute atomic E-state index is 0.115. The number of halogens is 3. The predicted molar refractivity (Wildman–Crippen MR) is 127 cm³/mol. The fourth-order valence-electron chi connectivity index (χ4n) is 3.82. The molecule has 1 heterocycles. The molecule has 1 atom stereocenters. The van der Waals surface area contributed by atoms with Gasteiger partial charge in [-0.25, -0.2) is 4.39 Å². The third kappa shape index (κ3) is 4.08. The van der Waals surface area contributed by atoms with Crippen LogP contribution in [0.5, 0.6) is 11.5 Å². The molecule has 0 bridgehead atoms. The van der Waals surface area contributed by atoms with E-state index in [9.17, 15) is 19.1 Å². The van der Waals surface area contributed by atoms with Gasteiger partial charge in [0, 0.05) is 11.3 Å². The maximum Gasteiger partial charge on any atom is 0.300 e. The van der Waals surface area contributed by atoms with Crippen molar-refractivity contribution in [1.82, 2.24) is 0 Å². The average Bonchev–Trinajstić information content (AvgIpc) is 3.11. The van der Waals surface area contributed by atoms with Gasteiger partial charge in [-0.15, -0.1) is 0 Å². The van der Waals surface area contributed by atoms with Gasteiger partial charge in [0.2, 0.25) is 0 Å². The number of carbonyl (C=O) groups excluding carboxylic acids is 2. The standard InChI is InChI=1S/C25H18Cl2FNO5/c1-33-15-5-3-4-13(10-15)22-21(23(30)17-12-16(34-2)7-8-18(17)26)24(31)25(32)29(22)14-6-9-20(28)19(27)11-14/h3-12,22,30H,1-2H3/b23-21+. The fourth-order valence-corrected chi connectivity index (χ4v) is 4.20. The van der Waals surface area contributed by atoms with Crippen molar-refractivity contribution >= 4 is 46.3 Å². The number of aliphatic hydroxyl groups is 1. The molecule has 3 aromatic carbocycles. The van der Waals surface area contributed by atoms with Crippen LogP contribution in [-0.2, 0) is 9.59 Å². The Labute approximate surface area is 204 Å². The number of hydrogen-bond acceptors (Lipinski definition) is 5. The maximum absolute atomic E-state index is 13.8. The van der Waals surface area contributed by atoms with Gasteiger partial charge >= 0.3 is 0 Å². The van der Waals surface area contributed by atoms with E-state index in [-0.39, 0.29) is 26.9 Å². The van der Waals surface area contributed by atoms with Crippen molar-refractivity contribution in [2.24, 2.45) is 0 Å². The van der Waals surface area contributed by atoms with E-state index in [1.807, 2.05) is 0 Å². The van der Waals surface area contributed by atoms with Gasteiger partial charge in [0.1, 0.15) is 23.1 Å². The molecule has 4 rings (SSSR count). The molecule has 1 saturated heterocycles. The fraction of sp³-hybridized carbons (Fsp3) is 0.120. The van der Waals surface area contributed by atoms with E-state index >= 15 is 0 Å². The lowest BCUT2D eigenvalue weighted by atomic mass is 9.95. The maximum atomic E-state index is 13.8. The first kappa shape index (κ1) is 23.6. The van der Waals surface area contributed by atoms with Gasteiger partial charge < -0.3 is 14.6 Å². The molecule has 1 unspecified atom stereocenters. The van der Waals surface area contributed by atoms with Crippen molar-refractivity contribution < 1.29 is 28.6 Å². The van der Waals surface area contributed by atoms with Crippen LogP contribution in [0.2, 0.25) is 10.0 Å². The van der Waals surface area contributed by atoms with Gasteiger partial charge in [-0.05, 0) is 54.1 Å². The number of hydrogen-bond donors (Lipinski definition) is 1. The highest BCUT2D eigenvalue weighted by Crippen LogP contribution is 2.44. The number of ketones is 1. The van der Waals surface area contributed by atoms with Crippen molar-refractivity contribution in [3.8, 4) is 11.5 Å². The van der Waals surface area contributed by atoms with Gasteiger partial charge in [0.25, 0.3) is 11.7 Å². The van der Waals surface area contributed by atoms with Crippen molar-refractivity contribution in [1.29, 1.82) is 0 Å². The molecule has 3 aromatic rings. The molecule has 0 radical (unpaired) electrons. The van der Waals surface area contributed by atoms with Crippen LogP contribution in [0, 0.1) is 5.82 Å². The summed E-state index contributed by atoms with van der Waals surface area (Å²) < 4.78 is 24.3. The first-order chi connectivity index (χ1) is 16.3. The van der Waals surface area contributed by atoms with Crippen LogP contribution in [0.1, 0.15) is 17.2 Å². The smallest absolute Gasteiger partial charge is 0.300 e. The number of benzene rings is 3. The number of aliphatic hydroxyl groups excluding tert-OH is 1. The molecule has 0 aromatic heterocycles. The Morgan fingerprint density at radius 3 is 2.32 bits per heavy atom. The van der Waals surface area contributed by atoms with E-state index in [4.69, 9.17) is 32.7 Å². The monoisotopic (exact) mass is 501 g/mol. The first-order valence-corrected chi connectivity index (χ1v) is 10.8. The molecule has 34 heavy (non-hydrogen) atoms. The van der Waals surface area contributed by atoms with E-state index in [0.29, 0.717) is 17.1 Å². The zero-order chi connectivity index (χ0) is 24.6. The molecular weight excluding hydrogens is 484 g/mol. The van der Waals surface area contributed by atoms with Gasteiger partial charge in [-0.2, -0.15) is 0 Å². The van der Waals surface area contributed by atoms with Crippen molar-refractivity contribution in [3.05, 3.63) is 93.2 Å². The highest BCUT2D eigenvalue weighted by molar-refractivity contribution is 6.52. The number of Topliss-reactive ketones (excluding diaryl/α,β-unsaturated/α-hetero) is 1. The topological polar surface area (TPSA) is 76.1 Å². The summed E-state index contributed by atoms with van der Waals surface area (Å²) in [6.07, 6.45) is 0. The molecule has 0 aliphatic carbocycles. The van der Waals surface area contributed by atoms with Crippen molar-refractivity contribution in [2.45, 2.75) is 6.04 Å². The van der Waals surface area contributed by atoms with Gasteiger partial charge in [0.15, 0.2) is 0 Å². The summed E-state index contributed by atoms with van der Waals surface area (Å²) in [5.74, 6) is -2.15. The predicted octanol–water partition coefficient (Wildman–Crippen LogP) is 5.78. The summed E-state index contributed by atoms with van der Waals surface area (Å²) in [6, 6.07) is 13.9. The third-order valence-electron chi connectivity index (χ3n) is 5.46. The quantitative estimate of drug-likeness (QED) is 0.272. The highest BCUT2D eigenvalue weighted by atomic mass is 35.5. The SMILES string of the molecule is COc1cccc(C2/C(=C(\O)c3cc(OC)ccc3Cl)C(=O)C(=O)N2c2ccc(F)c(Cl)c2)c1. The Kier molecular flexibility index (Phi) is 6.50. The summed E-state index contributed by atoms with van der Waals surface area (Å²) >= 11 is 12.3. The lowest BCUT2D eigenvalue weighted by molar-refractivity contribution is -0.132. The van der Waals surface area contributed by atoms with Crippen LogP contribution in [0.15, 0.2) is 66.2 Å². The molecular formula is C25H18Cl2FNO5. The number of carbonyl (C=O) groups is 2. The van der Waals surface area contributed by atoms with Crippen LogP contribution in [0.25, 0.3) is 5.76 Å². The summed E-state index contributed by atoms with van der Waals surface area (Å²) in [5, 5.41) is 11.2. The molecule has 1 amide bonds. The Morgan fingerprint density at radius 2 is 1.65 bits per heavy atom. The van der Waals surface area contributed by atoms with E-state index in [0.717, 1.165) is 11.0 Å². The van der Waals surface area contributed by atoms with Crippen LogP contribution < -0.4 is 14.4 Å². The van der Waals surface area contributed by atoms with Gasteiger partial charge in [-0.1, -0.05) is 35.3 Å². The Morgan fingerprint density at radius 1 is 0.941 bits per heavy atom. The van der Waals surface area contributed by atoms with Crippen LogP contribution in [0.4, 0.5) is 10.1 Å². The molecule has 1 aliphatic heterocycles. The van der Waals surface area contributed by atoms with Gasteiger partial charge in [0.05, 0.1) is 35.9 Å². The Balaban J connectivity index is 1.99. The Bertz CT molecular complexity index is 1340. The summed E-state index contributed by atoms with van der Waals surface area (Å²) in [6.45, 7) is 0. The molecule has 0 saturated carbocycles. The molecule has 6 nitrogen and oxygen atoms in total. The van der Waals surface area contributed by atoms with Crippen LogP contribution in [-0.4, -0.2) is 31.0 Å². The zero-order valence-electron chi connectivity index (χ0n) is 18.0. The Hall–Kier alpha value is -3.55. The van der Waals surface area contributed by atoms with Crippen LogP contribution in [0.3, 0.4) is 0 Å². The summed E-state index contributed by atoms with van der Waals surface area (Å²) in [7, 11) is 2.92. The van der Waals surface area contributed by atoms with Gasteiger partial charge in [-0.3, -0.25) is 14.5 Å². The number of methoxy groups -OCH3 is 2. The van der Waals surface area contributed by atoms with E-state index in [1.54, 1.807) is 30.3 Å². The van der Waals surface area contributed by atoms with E-state index in [2.05, 4.69) is 0 Å². The van der Waals surface area contributed by atoms with E-state index in [1.165, 1.54) is 38.5 Å². The molecule has 1 aliphatic rings. The average molecular weight is 502 g/mol. The zero-order valence-corrected chi connectivity index (χ0v) is 19.5. The second kappa shape index (κ2) is 9.37.